The molecule has 2 aromatic carbocycles. The summed E-state index contributed by atoms with van der Waals surface area (Å²) in [5.41, 5.74) is 2.46. The highest BCUT2D eigenvalue weighted by molar-refractivity contribution is 7.07. The number of ether oxygens (including phenoxy) is 1. The molecule has 1 atom stereocenters. The van der Waals surface area contributed by atoms with E-state index < -0.39 is 12.0 Å². The number of allylic oxidation sites excluding steroid dienone is 1. The molecule has 0 bridgehead atoms. The summed E-state index contributed by atoms with van der Waals surface area (Å²) in [7, 11) is 0. The number of fused-ring (bicyclic) bond motifs is 1. The van der Waals surface area contributed by atoms with Gasteiger partial charge in [-0.25, -0.2) is 9.79 Å². The van der Waals surface area contributed by atoms with Crippen LogP contribution < -0.4 is 20.2 Å². The molecule has 0 aliphatic carbocycles. The Morgan fingerprint density at radius 1 is 1.17 bits per heavy atom. The Hall–Kier alpha value is -3.45. The standard InChI is InChI=1S/C23H21N3O3S/c1-3-29-22(28)19-15(2)25-23-26(20(19)16-10-6-4-7-11-16)21(27)18(30-23)14-24-17-12-8-5-9-13-17/h4-14,20,24H,3H2,1-2H3/b18-14-/t20-/m1/s1. The summed E-state index contributed by atoms with van der Waals surface area (Å²) in [6.45, 7) is 3.79. The Bertz CT molecular complexity index is 1270. The summed E-state index contributed by atoms with van der Waals surface area (Å²) in [5.74, 6) is -0.454. The topological polar surface area (TPSA) is 72.7 Å². The number of aromatic nitrogens is 1. The highest BCUT2D eigenvalue weighted by Crippen LogP contribution is 2.30. The fourth-order valence-corrected chi connectivity index (χ4v) is 4.39. The monoisotopic (exact) mass is 419 g/mol. The van der Waals surface area contributed by atoms with Crippen molar-refractivity contribution in [1.29, 1.82) is 0 Å². The van der Waals surface area contributed by atoms with E-state index in [1.54, 1.807) is 24.6 Å². The fraction of sp³-hybridized carbons (Fsp3) is 0.174. The van der Waals surface area contributed by atoms with E-state index in [2.05, 4.69) is 10.3 Å². The highest BCUT2D eigenvalue weighted by Gasteiger charge is 2.33. The van der Waals surface area contributed by atoms with Crippen molar-refractivity contribution in [3.05, 3.63) is 97.2 Å². The van der Waals surface area contributed by atoms with Gasteiger partial charge in [0.25, 0.3) is 5.56 Å². The quantitative estimate of drug-likeness (QED) is 0.646. The number of carbonyl (C=O) groups excluding carboxylic acids is 1. The molecular formula is C23H21N3O3S. The van der Waals surface area contributed by atoms with Gasteiger partial charge in [-0.05, 0) is 31.5 Å². The Morgan fingerprint density at radius 3 is 2.50 bits per heavy atom. The summed E-state index contributed by atoms with van der Waals surface area (Å²) in [6, 6.07) is 18.5. The number of anilines is 1. The number of rotatable bonds is 5. The van der Waals surface area contributed by atoms with Crippen molar-refractivity contribution >= 4 is 29.2 Å². The first-order valence-electron chi connectivity index (χ1n) is 9.65. The lowest BCUT2D eigenvalue weighted by Gasteiger charge is -2.24. The van der Waals surface area contributed by atoms with E-state index in [-0.39, 0.29) is 12.2 Å². The number of esters is 1. The Morgan fingerprint density at radius 2 is 1.83 bits per heavy atom. The minimum Gasteiger partial charge on any atom is -0.463 e. The van der Waals surface area contributed by atoms with Crippen LogP contribution in [0.25, 0.3) is 6.20 Å². The molecule has 152 valence electrons. The lowest BCUT2D eigenvalue weighted by atomic mass is 9.96. The predicted octanol–water partition coefficient (Wildman–Crippen LogP) is 2.82. The van der Waals surface area contributed by atoms with Crippen molar-refractivity contribution in [1.82, 2.24) is 4.57 Å². The van der Waals surface area contributed by atoms with Crippen molar-refractivity contribution in [2.75, 3.05) is 11.9 Å². The average molecular weight is 420 g/mol. The number of nitrogens with zero attached hydrogens (tertiary/aromatic N) is 2. The van der Waals surface area contributed by atoms with Gasteiger partial charge in [0.2, 0.25) is 0 Å². The van der Waals surface area contributed by atoms with Gasteiger partial charge >= 0.3 is 5.97 Å². The SMILES string of the molecule is CCOC(=O)C1=C(C)N=c2s/c(=C\Nc3ccccc3)c(=O)n2[C@@H]1c1ccccc1. The van der Waals surface area contributed by atoms with Gasteiger partial charge in [0.1, 0.15) is 4.53 Å². The average Bonchev–Trinajstić information content (AvgIpc) is 3.07. The smallest absolute Gasteiger partial charge is 0.338 e. The van der Waals surface area contributed by atoms with Crippen LogP contribution in [-0.2, 0) is 9.53 Å². The molecule has 0 radical (unpaired) electrons. The lowest BCUT2D eigenvalue weighted by Crippen LogP contribution is -2.40. The van der Waals surface area contributed by atoms with Crippen molar-refractivity contribution in [2.45, 2.75) is 19.9 Å². The first-order chi connectivity index (χ1) is 14.6. The molecule has 30 heavy (non-hydrogen) atoms. The molecule has 1 aromatic heterocycles. The first-order valence-corrected chi connectivity index (χ1v) is 10.5. The molecular weight excluding hydrogens is 398 g/mol. The molecule has 1 aliphatic heterocycles. The van der Waals surface area contributed by atoms with Gasteiger partial charge in [0.05, 0.1) is 23.9 Å². The van der Waals surface area contributed by atoms with Crippen LogP contribution in [0.3, 0.4) is 0 Å². The third-order valence-electron chi connectivity index (χ3n) is 4.78. The van der Waals surface area contributed by atoms with Crippen LogP contribution >= 0.6 is 11.3 Å². The molecule has 1 N–H and O–H groups in total. The van der Waals surface area contributed by atoms with Crippen LogP contribution in [0, 0.1) is 0 Å². The maximum absolute atomic E-state index is 13.3. The maximum atomic E-state index is 13.3. The molecule has 4 rings (SSSR count). The van der Waals surface area contributed by atoms with Crippen LogP contribution in [0.15, 0.2) is 81.7 Å². The molecule has 0 unspecified atom stereocenters. The molecule has 7 heteroatoms. The minimum atomic E-state index is -0.583. The second-order valence-corrected chi connectivity index (χ2v) is 7.73. The van der Waals surface area contributed by atoms with E-state index in [9.17, 15) is 9.59 Å². The van der Waals surface area contributed by atoms with Crippen LogP contribution in [0.1, 0.15) is 25.5 Å². The van der Waals surface area contributed by atoms with Crippen molar-refractivity contribution < 1.29 is 9.53 Å². The normalized spacial score (nSPS) is 16.1. The van der Waals surface area contributed by atoms with Gasteiger partial charge in [0, 0.05) is 11.9 Å². The first kappa shape index (κ1) is 19.8. The fourth-order valence-electron chi connectivity index (χ4n) is 3.43. The van der Waals surface area contributed by atoms with Gasteiger partial charge in [0.15, 0.2) is 4.80 Å². The van der Waals surface area contributed by atoms with Crippen molar-refractivity contribution in [3.63, 3.8) is 0 Å². The molecule has 6 nitrogen and oxygen atoms in total. The van der Waals surface area contributed by atoms with Gasteiger partial charge in [-0.3, -0.25) is 9.36 Å². The van der Waals surface area contributed by atoms with Crippen LogP contribution in [0.2, 0.25) is 0 Å². The Kier molecular flexibility index (Phi) is 5.63. The number of thiazole rings is 1. The number of carbonyl (C=O) groups is 1. The van der Waals surface area contributed by atoms with Crippen molar-refractivity contribution in [2.24, 2.45) is 4.99 Å². The largest absolute Gasteiger partial charge is 0.463 e. The second kappa shape index (κ2) is 8.51. The summed E-state index contributed by atoms with van der Waals surface area (Å²) in [5, 5.41) is 3.16. The summed E-state index contributed by atoms with van der Waals surface area (Å²) >= 11 is 1.29. The number of hydrogen-bond acceptors (Lipinski definition) is 6. The maximum Gasteiger partial charge on any atom is 0.338 e. The molecule has 0 amide bonds. The van der Waals surface area contributed by atoms with Gasteiger partial charge in [-0.2, -0.15) is 0 Å². The van der Waals surface area contributed by atoms with E-state index in [1.165, 1.54) is 11.3 Å². The molecule has 1 aliphatic rings. The predicted molar refractivity (Wildman–Crippen MR) is 118 cm³/mol. The van der Waals surface area contributed by atoms with E-state index in [4.69, 9.17) is 4.74 Å². The Labute approximate surface area is 177 Å². The minimum absolute atomic E-state index is 0.203. The van der Waals surface area contributed by atoms with Gasteiger partial charge in [-0.1, -0.05) is 59.9 Å². The zero-order chi connectivity index (χ0) is 21.1. The zero-order valence-corrected chi connectivity index (χ0v) is 17.5. The zero-order valence-electron chi connectivity index (χ0n) is 16.7. The molecule has 0 saturated carbocycles. The van der Waals surface area contributed by atoms with Crippen LogP contribution in [0.4, 0.5) is 5.69 Å². The second-order valence-electron chi connectivity index (χ2n) is 6.72. The molecule has 2 heterocycles. The third kappa shape index (κ3) is 3.71. The molecule has 0 spiro atoms. The summed E-state index contributed by atoms with van der Waals surface area (Å²) in [4.78, 5) is 31.2. The molecule has 3 aromatic rings. The van der Waals surface area contributed by atoms with E-state index in [0.717, 1.165) is 11.3 Å². The van der Waals surface area contributed by atoms with Gasteiger partial charge < -0.3 is 10.1 Å². The van der Waals surface area contributed by atoms with Crippen LogP contribution in [0.5, 0.6) is 0 Å². The number of benzene rings is 2. The summed E-state index contributed by atoms with van der Waals surface area (Å²) < 4.78 is 7.37. The van der Waals surface area contributed by atoms with Gasteiger partial charge in [-0.15, -0.1) is 0 Å². The van der Waals surface area contributed by atoms with E-state index in [1.807, 2.05) is 60.7 Å². The third-order valence-corrected chi connectivity index (χ3v) is 5.76. The highest BCUT2D eigenvalue weighted by atomic mass is 32.1. The van der Waals surface area contributed by atoms with E-state index in [0.29, 0.717) is 20.6 Å². The number of nitrogens with one attached hydrogen (secondary N) is 1. The van der Waals surface area contributed by atoms with Crippen molar-refractivity contribution in [3.8, 4) is 0 Å². The summed E-state index contributed by atoms with van der Waals surface area (Å²) in [6.07, 6.45) is 1.69. The molecule has 0 saturated heterocycles. The number of hydrogen-bond donors (Lipinski definition) is 1. The Balaban J connectivity index is 1.87. The molecule has 0 fully saturated rings. The van der Waals surface area contributed by atoms with E-state index >= 15 is 0 Å². The lowest BCUT2D eigenvalue weighted by molar-refractivity contribution is -0.139. The number of para-hydroxylation sites is 1. The van der Waals surface area contributed by atoms with Crippen LogP contribution in [-0.4, -0.2) is 17.1 Å².